The van der Waals surface area contributed by atoms with E-state index in [2.05, 4.69) is 15.9 Å². The van der Waals surface area contributed by atoms with Gasteiger partial charge in [-0.25, -0.2) is 13.6 Å². The zero-order valence-electron chi connectivity index (χ0n) is 11.5. The summed E-state index contributed by atoms with van der Waals surface area (Å²) in [4.78, 5) is 0. The fraction of sp³-hybridized carbons (Fsp3) is 0.538. The summed E-state index contributed by atoms with van der Waals surface area (Å²) in [6.07, 6.45) is 1.32. The largest absolute Gasteiger partial charge is 0.491 e. The molecule has 0 unspecified atom stereocenters. The van der Waals surface area contributed by atoms with Crippen molar-refractivity contribution in [1.82, 2.24) is 0 Å². The molecule has 114 valence electrons. The number of hydrogen-bond acceptors (Lipinski definition) is 3. The summed E-state index contributed by atoms with van der Waals surface area (Å²) in [5.74, 6) is 0.431. The Bertz CT molecular complexity index is 559. The van der Waals surface area contributed by atoms with E-state index < -0.39 is 15.4 Å². The highest BCUT2D eigenvalue weighted by Gasteiger charge is 2.32. The lowest BCUT2D eigenvalue weighted by Crippen LogP contribution is -2.37. The molecule has 20 heavy (non-hydrogen) atoms. The van der Waals surface area contributed by atoms with Crippen LogP contribution in [0.25, 0.3) is 0 Å². The van der Waals surface area contributed by atoms with Crippen molar-refractivity contribution in [3.63, 3.8) is 0 Å². The predicted molar refractivity (Wildman–Crippen MR) is 85.6 cm³/mol. The summed E-state index contributed by atoms with van der Waals surface area (Å²) in [5.41, 5.74) is -0.501. The van der Waals surface area contributed by atoms with Gasteiger partial charge in [-0.05, 0) is 31.0 Å². The van der Waals surface area contributed by atoms with Gasteiger partial charge < -0.3 is 4.74 Å². The number of sulfonamides is 1. The first-order valence-electron chi connectivity index (χ1n) is 6.29. The minimum Gasteiger partial charge on any atom is -0.491 e. The molecule has 1 aromatic carbocycles. The molecular weight excluding hydrogens is 366 g/mol. The Labute approximate surface area is 133 Å². The van der Waals surface area contributed by atoms with E-state index in [1.807, 2.05) is 19.9 Å². The van der Waals surface area contributed by atoms with Crippen LogP contribution >= 0.6 is 27.5 Å². The van der Waals surface area contributed by atoms with Crippen LogP contribution in [0.1, 0.15) is 26.7 Å². The van der Waals surface area contributed by atoms with Crippen LogP contribution in [0, 0.1) is 5.41 Å². The van der Waals surface area contributed by atoms with Crippen LogP contribution in [-0.2, 0) is 10.0 Å². The van der Waals surface area contributed by atoms with Crippen molar-refractivity contribution in [1.29, 1.82) is 0 Å². The lowest BCUT2D eigenvalue weighted by Gasteiger charge is -2.30. The molecule has 0 saturated carbocycles. The summed E-state index contributed by atoms with van der Waals surface area (Å²) < 4.78 is 29.3. The molecule has 0 aromatic heterocycles. The highest BCUT2D eigenvalue weighted by molar-refractivity contribution is 9.10. The van der Waals surface area contributed by atoms with Crippen LogP contribution in [0.2, 0.25) is 5.02 Å². The lowest BCUT2D eigenvalue weighted by atomic mass is 9.85. The van der Waals surface area contributed by atoms with Gasteiger partial charge in [-0.3, -0.25) is 0 Å². The fourth-order valence-corrected chi connectivity index (χ4v) is 3.80. The van der Waals surface area contributed by atoms with Crippen molar-refractivity contribution in [3.8, 4) is 5.75 Å². The maximum Gasteiger partial charge on any atom is 0.209 e. The SMILES string of the molecule is CCC(CC)(COc1cc(Br)ccc1Cl)CS(N)(=O)=O. The van der Waals surface area contributed by atoms with Gasteiger partial charge in [-0.1, -0.05) is 41.4 Å². The second kappa shape index (κ2) is 7.11. The number of nitrogens with two attached hydrogens (primary N) is 1. The van der Waals surface area contributed by atoms with Crippen LogP contribution in [0.4, 0.5) is 0 Å². The van der Waals surface area contributed by atoms with Gasteiger partial charge in [0.25, 0.3) is 0 Å². The molecule has 0 heterocycles. The van der Waals surface area contributed by atoms with E-state index in [4.69, 9.17) is 21.5 Å². The van der Waals surface area contributed by atoms with Gasteiger partial charge in [0.15, 0.2) is 0 Å². The van der Waals surface area contributed by atoms with Gasteiger partial charge in [-0.15, -0.1) is 0 Å². The third-order valence-corrected chi connectivity index (χ3v) is 5.25. The van der Waals surface area contributed by atoms with Gasteiger partial charge in [-0.2, -0.15) is 0 Å². The highest BCUT2D eigenvalue weighted by atomic mass is 79.9. The molecule has 0 radical (unpaired) electrons. The molecule has 4 nitrogen and oxygen atoms in total. The van der Waals surface area contributed by atoms with E-state index in [1.54, 1.807) is 12.1 Å². The summed E-state index contributed by atoms with van der Waals surface area (Å²) >= 11 is 9.40. The summed E-state index contributed by atoms with van der Waals surface area (Å²) in [6.45, 7) is 4.12. The first kappa shape index (κ1) is 17.8. The third kappa shape index (κ3) is 5.24. The minimum atomic E-state index is -3.55. The second-order valence-electron chi connectivity index (χ2n) is 4.88. The molecule has 0 aliphatic carbocycles. The average molecular weight is 385 g/mol. The molecule has 2 N–H and O–H groups in total. The van der Waals surface area contributed by atoms with E-state index in [-0.39, 0.29) is 12.4 Å². The number of halogens is 2. The van der Waals surface area contributed by atoms with Crippen molar-refractivity contribution in [2.45, 2.75) is 26.7 Å². The Morgan fingerprint density at radius 1 is 1.35 bits per heavy atom. The van der Waals surface area contributed by atoms with E-state index in [1.165, 1.54) is 0 Å². The van der Waals surface area contributed by atoms with Crippen molar-refractivity contribution in [2.24, 2.45) is 10.6 Å². The van der Waals surface area contributed by atoms with Gasteiger partial charge in [0.2, 0.25) is 10.0 Å². The number of ether oxygens (including phenoxy) is 1. The maximum absolute atomic E-state index is 11.4. The van der Waals surface area contributed by atoms with Crippen molar-refractivity contribution in [3.05, 3.63) is 27.7 Å². The Hall–Kier alpha value is -0.300. The van der Waals surface area contributed by atoms with Crippen molar-refractivity contribution >= 4 is 37.6 Å². The second-order valence-corrected chi connectivity index (χ2v) is 7.81. The summed E-state index contributed by atoms with van der Waals surface area (Å²) in [5, 5.41) is 5.67. The molecule has 0 amide bonds. The molecular formula is C13H19BrClNO3S. The number of rotatable bonds is 7. The molecule has 0 bridgehead atoms. The van der Waals surface area contributed by atoms with Crippen molar-refractivity contribution in [2.75, 3.05) is 12.4 Å². The molecule has 0 fully saturated rings. The average Bonchev–Trinajstić information content (AvgIpc) is 2.37. The molecule has 0 atom stereocenters. The summed E-state index contributed by atoms with van der Waals surface area (Å²) in [7, 11) is -3.55. The highest BCUT2D eigenvalue weighted by Crippen LogP contribution is 2.32. The Morgan fingerprint density at radius 2 is 1.95 bits per heavy atom. The molecule has 7 heteroatoms. The third-order valence-electron chi connectivity index (χ3n) is 3.43. The Kier molecular flexibility index (Phi) is 6.31. The normalized spacial score (nSPS) is 12.4. The van der Waals surface area contributed by atoms with Gasteiger partial charge in [0.1, 0.15) is 5.75 Å². The van der Waals surface area contributed by atoms with Gasteiger partial charge >= 0.3 is 0 Å². The number of benzene rings is 1. The van der Waals surface area contributed by atoms with E-state index in [0.29, 0.717) is 23.6 Å². The summed E-state index contributed by atoms with van der Waals surface area (Å²) in [6, 6.07) is 5.29. The number of primary sulfonamides is 1. The van der Waals surface area contributed by atoms with Gasteiger partial charge in [0, 0.05) is 9.89 Å². The Morgan fingerprint density at radius 3 is 2.45 bits per heavy atom. The standard InChI is InChI=1S/C13H19BrClNO3S/c1-3-13(4-2,9-20(16,17)18)8-19-12-7-10(14)5-6-11(12)15/h5-7H,3-4,8-9H2,1-2H3,(H2,16,17,18). The van der Waals surface area contributed by atoms with Crippen molar-refractivity contribution < 1.29 is 13.2 Å². The van der Waals surface area contributed by atoms with Crippen LogP contribution in [0.15, 0.2) is 22.7 Å². The van der Waals surface area contributed by atoms with Gasteiger partial charge in [0.05, 0.1) is 17.4 Å². The molecule has 0 saturated heterocycles. The zero-order chi connectivity index (χ0) is 15.4. The van der Waals surface area contributed by atoms with Crippen LogP contribution in [0.3, 0.4) is 0 Å². The molecule has 0 spiro atoms. The first-order chi connectivity index (χ1) is 9.21. The molecule has 1 rings (SSSR count). The topological polar surface area (TPSA) is 69.4 Å². The van der Waals surface area contributed by atoms with Crippen LogP contribution < -0.4 is 9.88 Å². The van der Waals surface area contributed by atoms with E-state index in [0.717, 1.165) is 4.47 Å². The van der Waals surface area contributed by atoms with Crippen LogP contribution in [-0.4, -0.2) is 20.8 Å². The quantitative estimate of drug-likeness (QED) is 0.781. The van der Waals surface area contributed by atoms with E-state index >= 15 is 0 Å². The fourth-order valence-electron chi connectivity index (χ4n) is 1.95. The smallest absolute Gasteiger partial charge is 0.209 e. The molecule has 0 aliphatic rings. The first-order valence-corrected chi connectivity index (χ1v) is 9.18. The maximum atomic E-state index is 11.4. The van der Waals surface area contributed by atoms with Crippen LogP contribution in [0.5, 0.6) is 5.75 Å². The predicted octanol–water partition coefficient (Wildman–Crippen LogP) is 3.58. The molecule has 1 aromatic rings. The zero-order valence-corrected chi connectivity index (χ0v) is 14.7. The number of hydrogen-bond donors (Lipinski definition) is 1. The molecule has 0 aliphatic heterocycles. The lowest BCUT2D eigenvalue weighted by molar-refractivity contribution is 0.154. The van der Waals surface area contributed by atoms with E-state index in [9.17, 15) is 8.42 Å². The Balaban J connectivity index is 2.89. The monoisotopic (exact) mass is 383 g/mol. The minimum absolute atomic E-state index is 0.0986.